The molecule has 0 bridgehead atoms. The van der Waals surface area contributed by atoms with E-state index in [4.69, 9.17) is 5.73 Å². The van der Waals surface area contributed by atoms with E-state index in [1.54, 1.807) is 24.3 Å². The van der Waals surface area contributed by atoms with Gasteiger partial charge in [0.25, 0.3) is 11.8 Å². The van der Waals surface area contributed by atoms with Gasteiger partial charge in [-0.2, -0.15) is 0 Å². The molecule has 0 saturated heterocycles. The smallest absolute Gasteiger partial charge is 0.256 e. The zero-order valence-corrected chi connectivity index (χ0v) is 16.2. The largest absolute Gasteiger partial charge is 0.368 e. The average Bonchev–Trinajstić information content (AvgIpc) is 2.76. The standard InChI is InChI=1S/C23H19N5O2/c1-14-6-9-18(11-20(14)22(30)28-19-12-25-23(24)26-13-19)27-21(29)17-8-7-15-4-2-3-5-16(15)10-17/h2-13H,1H3,(H,27,29)(H,28,30)(H2,24,25,26). The summed E-state index contributed by atoms with van der Waals surface area (Å²) in [5, 5.41) is 7.63. The first-order valence-electron chi connectivity index (χ1n) is 9.29. The summed E-state index contributed by atoms with van der Waals surface area (Å²) in [6.45, 7) is 1.82. The molecule has 0 aliphatic carbocycles. The van der Waals surface area contributed by atoms with Gasteiger partial charge in [0, 0.05) is 16.8 Å². The number of fused-ring (bicyclic) bond motifs is 1. The Balaban J connectivity index is 1.53. The summed E-state index contributed by atoms with van der Waals surface area (Å²) >= 11 is 0. The van der Waals surface area contributed by atoms with Crippen molar-refractivity contribution in [2.24, 2.45) is 0 Å². The van der Waals surface area contributed by atoms with Crippen LogP contribution in [0.15, 0.2) is 73.1 Å². The second kappa shape index (κ2) is 8.00. The normalized spacial score (nSPS) is 10.6. The Kier molecular flexibility index (Phi) is 5.09. The first-order valence-corrected chi connectivity index (χ1v) is 9.29. The number of carbonyl (C=O) groups excluding carboxylic acids is 2. The van der Waals surface area contributed by atoms with Crippen LogP contribution in [0.5, 0.6) is 0 Å². The third-order valence-electron chi connectivity index (χ3n) is 4.68. The molecule has 2 amide bonds. The number of amides is 2. The van der Waals surface area contributed by atoms with Gasteiger partial charge in [0.2, 0.25) is 5.95 Å². The van der Waals surface area contributed by atoms with Gasteiger partial charge in [-0.1, -0.05) is 36.4 Å². The fourth-order valence-corrected chi connectivity index (χ4v) is 3.08. The highest BCUT2D eigenvalue weighted by Gasteiger charge is 2.13. The molecule has 7 nitrogen and oxygen atoms in total. The van der Waals surface area contributed by atoms with E-state index >= 15 is 0 Å². The van der Waals surface area contributed by atoms with Crippen molar-refractivity contribution < 1.29 is 9.59 Å². The van der Waals surface area contributed by atoms with Crippen molar-refractivity contribution in [3.8, 4) is 0 Å². The van der Waals surface area contributed by atoms with Crippen molar-refractivity contribution in [1.29, 1.82) is 0 Å². The molecule has 1 heterocycles. The summed E-state index contributed by atoms with van der Waals surface area (Å²) in [4.78, 5) is 33.1. The molecule has 0 atom stereocenters. The number of benzene rings is 3. The molecule has 0 fully saturated rings. The molecule has 4 N–H and O–H groups in total. The van der Waals surface area contributed by atoms with E-state index in [0.29, 0.717) is 22.5 Å². The summed E-state index contributed by atoms with van der Waals surface area (Å²) in [5.74, 6) is -0.451. The summed E-state index contributed by atoms with van der Waals surface area (Å²) in [6, 6.07) is 18.6. The fraction of sp³-hybridized carbons (Fsp3) is 0.0435. The minimum absolute atomic E-state index is 0.127. The number of nitrogens with one attached hydrogen (secondary N) is 2. The quantitative estimate of drug-likeness (QED) is 0.482. The fourth-order valence-electron chi connectivity index (χ4n) is 3.08. The van der Waals surface area contributed by atoms with Crippen LogP contribution < -0.4 is 16.4 Å². The number of carbonyl (C=O) groups is 2. The maximum atomic E-state index is 12.7. The van der Waals surface area contributed by atoms with Gasteiger partial charge >= 0.3 is 0 Å². The number of anilines is 3. The van der Waals surface area contributed by atoms with Crippen molar-refractivity contribution in [3.05, 3.63) is 89.7 Å². The number of rotatable bonds is 4. The predicted molar refractivity (Wildman–Crippen MR) is 117 cm³/mol. The van der Waals surface area contributed by atoms with Gasteiger partial charge in [0.1, 0.15) is 0 Å². The number of nitrogen functional groups attached to an aromatic ring is 1. The Hall–Kier alpha value is -4.26. The molecule has 0 saturated carbocycles. The number of nitrogens with zero attached hydrogens (tertiary/aromatic N) is 2. The molecular formula is C23H19N5O2. The van der Waals surface area contributed by atoms with Crippen LogP contribution in [0.2, 0.25) is 0 Å². The molecule has 0 aliphatic heterocycles. The van der Waals surface area contributed by atoms with Crippen LogP contribution in [0.4, 0.5) is 17.3 Å². The number of aromatic nitrogens is 2. The van der Waals surface area contributed by atoms with E-state index in [-0.39, 0.29) is 17.8 Å². The lowest BCUT2D eigenvalue weighted by molar-refractivity contribution is 0.101. The Bertz CT molecular complexity index is 1250. The van der Waals surface area contributed by atoms with Crippen LogP contribution in [-0.2, 0) is 0 Å². The first kappa shape index (κ1) is 19.1. The molecule has 0 radical (unpaired) electrons. The summed E-state index contributed by atoms with van der Waals surface area (Å²) in [5.41, 5.74) is 8.16. The Morgan fingerprint density at radius 3 is 2.27 bits per heavy atom. The van der Waals surface area contributed by atoms with Gasteiger partial charge < -0.3 is 16.4 Å². The Labute approximate surface area is 173 Å². The monoisotopic (exact) mass is 397 g/mol. The summed E-state index contributed by atoms with van der Waals surface area (Å²) < 4.78 is 0. The Morgan fingerprint density at radius 2 is 1.50 bits per heavy atom. The zero-order valence-electron chi connectivity index (χ0n) is 16.2. The molecule has 4 aromatic rings. The van der Waals surface area contributed by atoms with E-state index in [1.807, 2.05) is 43.3 Å². The number of hydrogen-bond donors (Lipinski definition) is 3. The lowest BCUT2D eigenvalue weighted by Crippen LogP contribution is -2.16. The molecule has 1 aromatic heterocycles. The maximum absolute atomic E-state index is 12.7. The van der Waals surface area contributed by atoms with Crippen LogP contribution in [-0.4, -0.2) is 21.8 Å². The third kappa shape index (κ3) is 4.10. The lowest BCUT2D eigenvalue weighted by atomic mass is 10.1. The second-order valence-corrected chi connectivity index (χ2v) is 6.83. The van der Waals surface area contributed by atoms with Crippen LogP contribution >= 0.6 is 0 Å². The molecular weight excluding hydrogens is 378 g/mol. The van der Waals surface area contributed by atoms with E-state index in [1.165, 1.54) is 12.4 Å². The van der Waals surface area contributed by atoms with Crippen LogP contribution in [0.25, 0.3) is 10.8 Å². The summed E-state index contributed by atoms with van der Waals surface area (Å²) in [7, 11) is 0. The van der Waals surface area contributed by atoms with E-state index in [2.05, 4.69) is 20.6 Å². The minimum atomic E-state index is -0.331. The molecule has 148 valence electrons. The number of aryl methyl sites for hydroxylation is 1. The molecule has 30 heavy (non-hydrogen) atoms. The number of hydrogen-bond acceptors (Lipinski definition) is 5. The SMILES string of the molecule is Cc1ccc(NC(=O)c2ccc3ccccc3c2)cc1C(=O)Nc1cnc(N)nc1. The van der Waals surface area contributed by atoms with Crippen molar-refractivity contribution in [1.82, 2.24) is 9.97 Å². The van der Waals surface area contributed by atoms with Crippen LogP contribution in [0, 0.1) is 6.92 Å². The van der Waals surface area contributed by atoms with Crippen LogP contribution in [0.3, 0.4) is 0 Å². The lowest BCUT2D eigenvalue weighted by Gasteiger charge is -2.11. The first-order chi connectivity index (χ1) is 14.5. The third-order valence-corrected chi connectivity index (χ3v) is 4.68. The average molecular weight is 397 g/mol. The van der Waals surface area contributed by atoms with Gasteiger partial charge in [0.15, 0.2) is 0 Å². The molecule has 0 spiro atoms. The van der Waals surface area contributed by atoms with Crippen molar-refractivity contribution in [3.63, 3.8) is 0 Å². The summed E-state index contributed by atoms with van der Waals surface area (Å²) in [6.07, 6.45) is 2.86. The minimum Gasteiger partial charge on any atom is -0.368 e. The van der Waals surface area contributed by atoms with Gasteiger partial charge in [-0.15, -0.1) is 0 Å². The molecule has 7 heteroatoms. The van der Waals surface area contributed by atoms with Gasteiger partial charge in [-0.05, 0) is 47.5 Å². The predicted octanol–water partition coefficient (Wildman–Crippen LogP) is 4.03. The van der Waals surface area contributed by atoms with Crippen molar-refractivity contribution in [2.45, 2.75) is 6.92 Å². The van der Waals surface area contributed by atoms with E-state index in [9.17, 15) is 9.59 Å². The molecule has 0 unspecified atom stereocenters. The number of nitrogens with two attached hydrogens (primary N) is 1. The van der Waals surface area contributed by atoms with E-state index < -0.39 is 0 Å². The van der Waals surface area contributed by atoms with Crippen molar-refractivity contribution >= 4 is 39.9 Å². The van der Waals surface area contributed by atoms with Gasteiger partial charge in [0.05, 0.1) is 18.1 Å². The topological polar surface area (TPSA) is 110 Å². The highest BCUT2D eigenvalue weighted by atomic mass is 16.2. The van der Waals surface area contributed by atoms with E-state index in [0.717, 1.165) is 16.3 Å². The Morgan fingerprint density at radius 1 is 0.800 bits per heavy atom. The molecule has 3 aromatic carbocycles. The van der Waals surface area contributed by atoms with Crippen LogP contribution in [0.1, 0.15) is 26.3 Å². The maximum Gasteiger partial charge on any atom is 0.256 e. The van der Waals surface area contributed by atoms with Gasteiger partial charge in [-0.25, -0.2) is 9.97 Å². The van der Waals surface area contributed by atoms with Gasteiger partial charge in [-0.3, -0.25) is 9.59 Å². The highest BCUT2D eigenvalue weighted by Crippen LogP contribution is 2.20. The highest BCUT2D eigenvalue weighted by molar-refractivity contribution is 6.09. The zero-order chi connectivity index (χ0) is 21.1. The molecule has 4 rings (SSSR count). The van der Waals surface area contributed by atoms with Crippen molar-refractivity contribution in [2.75, 3.05) is 16.4 Å². The second-order valence-electron chi connectivity index (χ2n) is 6.83. The molecule has 0 aliphatic rings.